The lowest BCUT2D eigenvalue weighted by molar-refractivity contribution is 0.0577. The summed E-state index contributed by atoms with van der Waals surface area (Å²) in [6.45, 7) is 2.36. The predicted octanol–water partition coefficient (Wildman–Crippen LogP) is 1.42. The second kappa shape index (κ2) is 6.78. The van der Waals surface area contributed by atoms with E-state index >= 15 is 0 Å². The van der Waals surface area contributed by atoms with Gasteiger partial charge >= 0.3 is 0 Å². The number of hydrogen-bond acceptors (Lipinski definition) is 6. The van der Waals surface area contributed by atoms with Crippen molar-refractivity contribution in [3.8, 4) is 6.07 Å². The molecule has 1 aromatic rings. The van der Waals surface area contributed by atoms with Crippen LogP contribution in [0, 0.1) is 17.2 Å². The molecular formula is C14H20N4O2S. The van der Waals surface area contributed by atoms with Gasteiger partial charge in [-0.1, -0.05) is 0 Å². The molecular weight excluding hydrogens is 288 g/mol. The Morgan fingerprint density at radius 2 is 2.43 bits per heavy atom. The van der Waals surface area contributed by atoms with Crippen LogP contribution in [0.3, 0.4) is 0 Å². The molecule has 0 saturated carbocycles. The normalized spacial score (nSPS) is 18.0. The summed E-state index contributed by atoms with van der Waals surface area (Å²) < 4.78 is 5.49. The predicted molar refractivity (Wildman–Crippen MR) is 83.6 cm³/mol. The number of nitrogens with one attached hydrogen (secondary N) is 1. The van der Waals surface area contributed by atoms with Crippen LogP contribution in [0.1, 0.15) is 28.1 Å². The fourth-order valence-electron chi connectivity index (χ4n) is 2.55. The molecule has 0 aromatic carbocycles. The average Bonchev–Trinajstić information content (AvgIpc) is 2.84. The topological polar surface area (TPSA) is 91.4 Å². The van der Waals surface area contributed by atoms with Crippen molar-refractivity contribution < 1.29 is 9.53 Å². The molecule has 6 nitrogen and oxygen atoms in total. The Morgan fingerprint density at radius 3 is 3.00 bits per heavy atom. The maximum atomic E-state index is 12.0. The summed E-state index contributed by atoms with van der Waals surface area (Å²) in [6.07, 6.45) is 2.18. The Hall–Kier alpha value is -1.78. The highest BCUT2D eigenvalue weighted by atomic mass is 32.1. The second-order valence-electron chi connectivity index (χ2n) is 5.18. The van der Waals surface area contributed by atoms with Gasteiger partial charge in [0.25, 0.3) is 5.91 Å². The van der Waals surface area contributed by atoms with E-state index in [0.29, 0.717) is 16.4 Å². The number of nitrogens with two attached hydrogens (primary N) is 1. The van der Waals surface area contributed by atoms with Gasteiger partial charge in [-0.05, 0) is 18.8 Å². The molecule has 1 aromatic heterocycles. The van der Waals surface area contributed by atoms with E-state index in [4.69, 9.17) is 15.7 Å². The molecule has 1 atom stereocenters. The van der Waals surface area contributed by atoms with Crippen molar-refractivity contribution in [3.63, 3.8) is 0 Å². The lowest BCUT2D eigenvalue weighted by atomic mass is 10.0. The molecule has 1 unspecified atom stereocenters. The average molecular weight is 308 g/mol. The van der Waals surface area contributed by atoms with Crippen molar-refractivity contribution in [3.05, 3.63) is 10.4 Å². The molecule has 0 radical (unpaired) electrons. The number of nitrogens with zero attached hydrogens (tertiary/aromatic N) is 2. The van der Waals surface area contributed by atoms with Crippen molar-refractivity contribution in [1.29, 1.82) is 5.26 Å². The summed E-state index contributed by atoms with van der Waals surface area (Å²) in [7, 11) is 3.48. The van der Waals surface area contributed by atoms with Crippen molar-refractivity contribution in [2.75, 3.05) is 44.5 Å². The van der Waals surface area contributed by atoms with Crippen LogP contribution >= 0.6 is 11.3 Å². The van der Waals surface area contributed by atoms with E-state index < -0.39 is 0 Å². The molecule has 0 spiro atoms. The highest BCUT2D eigenvalue weighted by Crippen LogP contribution is 2.37. The maximum absolute atomic E-state index is 12.0. The minimum Gasteiger partial charge on any atom is -0.396 e. The lowest BCUT2D eigenvalue weighted by Gasteiger charge is -2.28. The third-order valence-corrected chi connectivity index (χ3v) is 4.84. The molecule has 1 aliphatic heterocycles. The first-order chi connectivity index (χ1) is 10.1. The number of nitriles is 1. The Balaban J connectivity index is 2.24. The molecule has 0 bridgehead atoms. The molecule has 7 heteroatoms. The molecule has 21 heavy (non-hydrogen) atoms. The zero-order chi connectivity index (χ0) is 15.4. The van der Waals surface area contributed by atoms with E-state index in [2.05, 4.69) is 11.4 Å². The highest BCUT2D eigenvalue weighted by Gasteiger charge is 2.25. The summed E-state index contributed by atoms with van der Waals surface area (Å²) in [6, 6.07) is 2.06. The summed E-state index contributed by atoms with van der Waals surface area (Å²) in [5, 5.41) is 12.5. The van der Waals surface area contributed by atoms with Gasteiger partial charge in [0.15, 0.2) is 0 Å². The number of rotatable bonds is 4. The zero-order valence-corrected chi connectivity index (χ0v) is 13.1. The van der Waals surface area contributed by atoms with Crippen LogP contribution in [-0.4, -0.2) is 39.8 Å². The molecule has 0 aliphatic carbocycles. The van der Waals surface area contributed by atoms with Gasteiger partial charge < -0.3 is 20.7 Å². The van der Waals surface area contributed by atoms with E-state index in [1.807, 2.05) is 11.9 Å². The van der Waals surface area contributed by atoms with Crippen LogP contribution in [0.4, 0.5) is 10.7 Å². The van der Waals surface area contributed by atoms with Gasteiger partial charge in [0.2, 0.25) is 0 Å². The summed E-state index contributed by atoms with van der Waals surface area (Å²) >= 11 is 1.26. The quantitative estimate of drug-likeness (QED) is 0.878. The number of amides is 1. The van der Waals surface area contributed by atoms with Crippen LogP contribution in [0.5, 0.6) is 0 Å². The Labute approximate surface area is 128 Å². The number of carbonyl (C=O) groups excluding carboxylic acids is 1. The van der Waals surface area contributed by atoms with Crippen LogP contribution in [0.25, 0.3) is 0 Å². The molecule has 1 amide bonds. The van der Waals surface area contributed by atoms with Crippen LogP contribution in [0.15, 0.2) is 0 Å². The van der Waals surface area contributed by atoms with E-state index in [9.17, 15) is 4.79 Å². The van der Waals surface area contributed by atoms with Crippen molar-refractivity contribution in [2.24, 2.45) is 5.92 Å². The summed E-state index contributed by atoms with van der Waals surface area (Å²) in [4.78, 5) is 14.4. The maximum Gasteiger partial charge on any atom is 0.256 e. The Bertz CT molecular complexity index is 558. The van der Waals surface area contributed by atoms with E-state index in [0.717, 1.165) is 37.6 Å². The smallest absolute Gasteiger partial charge is 0.256 e. The van der Waals surface area contributed by atoms with E-state index in [1.165, 1.54) is 11.3 Å². The SMILES string of the molecule is CNC(=O)c1c(N(C)CC2CCCOC2)sc(C#N)c1N. The van der Waals surface area contributed by atoms with E-state index in [1.54, 1.807) is 7.05 Å². The van der Waals surface area contributed by atoms with Crippen molar-refractivity contribution in [2.45, 2.75) is 12.8 Å². The first-order valence-corrected chi connectivity index (χ1v) is 7.73. The molecule has 1 fully saturated rings. The van der Waals surface area contributed by atoms with Gasteiger partial charge in [-0.3, -0.25) is 4.79 Å². The minimum atomic E-state index is -0.257. The molecule has 1 aliphatic rings. The monoisotopic (exact) mass is 308 g/mol. The number of thiophene rings is 1. The van der Waals surface area contributed by atoms with Gasteiger partial charge in [-0.25, -0.2) is 0 Å². The minimum absolute atomic E-state index is 0.257. The van der Waals surface area contributed by atoms with Gasteiger partial charge in [0, 0.05) is 27.2 Å². The third kappa shape index (κ3) is 3.28. The van der Waals surface area contributed by atoms with Gasteiger partial charge in [-0.15, -0.1) is 11.3 Å². The molecule has 3 N–H and O–H groups in total. The molecule has 2 rings (SSSR count). The Kier molecular flexibility index (Phi) is 5.04. The van der Waals surface area contributed by atoms with Crippen LogP contribution in [0.2, 0.25) is 0 Å². The summed E-state index contributed by atoms with van der Waals surface area (Å²) in [5.74, 6) is 0.183. The molecule has 114 valence electrons. The van der Waals surface area contributed by atoms with Gasteiger partial charge in [0.05, 0.1) is 17.9 Å². The first-order valence-electron chi connectivity index (χ1n) is 6.91. The van der Waals surface area contributed by atoms with E-state index in [-0.39, 0.29) is 11.6 Å². The summed E-state index contributed by atoms with van der Waals surface area (Å²) in [5.41, 5.74) is 6.61. The number of nitrogen functional groups attached to an aromatic ring is 1. The standard InChI is InChI=1S/C14H20N4O2S/c1-17-13(19)11-12(16)10(6-15)21-14(11)18(2)7-9-4-3-5-20-8-9/h9H,3-5,7-8,16H2,1-2H3,(H,17,19). The van der Waals surface area contributed by atoms with Crippen molar-refractivity contribution in [1.82, 2.24) is 5.32 Å². The fourth-order valence-corrected chi connectivity index (χ4v) is 3.54. The first kappa shape index (κ1) is 15.6. The third-order valence-electron chi connectivity index (χ3n) is 3.62. The second-order valence-corrected chi connectivity index (χ2v) is 6.18. The lowest BCUT2D eigenvalue weighted by Crippen LogP contribution is -2.32. The fraction of sp³-hybridized carbons (Fsp3) is 0.571. The largest absolute Gasteiger partial charge is 0.396 e. The molecule has 2 heterocycles. The zero-order valence-electron chi connectivity index (χ0n) is 12.3. The van der Waals surface area contributed by atoms with Gasteiger partial charge in [0.1, 0.15) is 15.9 Å². The number of anilines is 2. The number of ether oxygens (including phenoxy) is 1. The number of hydrogen-bond donors (Lipinski definition) is 2. The number of carbonyl (C=O) groups is 1. The highest BCUT2D eigenvalue weighted by molar-refractivity contribution is 7.17. The van der Waals surface area contributed by atoms with Crippen LogP contribution in [-0.2, 0) is 4.74 Å². The van der Waals surface area contributed by atoms with Crippen molar-refractivity contribution >= 4 is 27.9 Å². The van der Waals surface area contributed by atoms with Crippen LogP contribution < -0.4 is 16.0 Å². The molecule has 1 saturated heterocycles. The Morgan fingerprint density at radius 1 is 1.67 bits per heavy atom. The van der Waals surface area contributed by atoms with Gasteiger partial charge in [-0.2, -0.15) is 5.26 Å².